The molecule has 2 fully saturated rings. The minimum atomic E-state index is -0.803. The lowest BCUT2D eigenvalue weighted by Crippen LogP contribution is -2.50. The molecular weight excluding hydrogens is 465 g/mol. The van der Waals surface area contributed by atoms with Gasteiger partial charge in [-0.15, -0.1) is 0 Å². The Morgan fingerprint density at radius 2 is 1.83 bits per heavy atom. The van der Waals surface area contributed by atoms with Gasteiger partial charge in [0, 0.05) is 18.1 Å². The molecule has 10 heteroatoms. The Balaban J connectivity index is 1.39. The first-order chi connectivity index (χ1) is 17.2. The Hall–Kier alpha value is -3.82. The zero-order chi connectivity index (χ0) is 25.6. The van der Waals surface area contributed by atoms with Crippen LogP contribution in [-0.4, -0.2) is 28.0 Å². The van der Waals surface area contributed by atoms with E-state index < -0.39 is 23.8 Å². The maximum Gasteiger partial charge on any atom is 0.257 e. The number of hydrogen-bond acceptors (Lipinski definition) is 6. The van der Waals surface area contributed by atoms with Crippen LogP contribution in [0.3, 0.4) is 0 Å². The van der Waals surface area contributed by atoms with Gasteiger partial charge in [-0.1, -0.05) is 5.16 Å². The van der Waals surface area contributed by atoms with Crippen LogP contribution in [0.1, 0.15) is 53.0 Å². The van der Waals surface area contributed by atoms with Gasteiger partial charge < -0.3 is 20.4 Å². The van der Waals surface area contributed by atoms with Gasteiger partial charge in [-0.2, -0.15) is 9.12 Å². The molecule has 2 aliphatic carbocycles. The summed E-state index contributed by atoms with van der Waals surface area (Å²) in [6.07, 6.45) is 6.75. The molecule has 3 aromatic rings. The first kappa shape index (κ1) is 23.9. The molecule has 0 radical (unpaired) electrons. The van der Waals surface area contributed by atoms with E-state index in [1.54, 1.807) is 26.8 Å². The maximum atomic E-state index is 15.0. The van der Waals surface area contributed by atoms with E-state index in [4.69, 9.17) is 4.52 Å². The Bertz CT molecular complexity index is 1320. The number of nitrogens with zero attached hydrogens (tertiary/aromatic N) is 3. The fourth-order valence-electron chi connectivity index (χ4n) is 4.91. The van der Waals surface area contributed by atoms with Crippen molar-refractivity contribution in [3.05, 3.63) is 64.3 Å². The van der Waals surface area contributed by atoms with Gasteiger partial charge >= 0.3 is 0 Å². The summed E-state index contributed by atoms with van der Waals surface area (Å²) in [5.74, 6) is -0.906. The number of aryl methyl sites for hydroxylation is 2. The lowest BCUT2D eigenvalue weighted by molar-refractivity contribution is -0.612. The molecule has 0 saturated heterocycles. The molecule has 36 heavy (non-hydrogen) atoms. The van der Waals surface area contributed by atoms with Crippen LogP contribution < -0.4 is 15.4 Å². The molecule has 2 amide bonds. The standard InChI is InChI=1S/C26H28FN5O4/c1-13-10-19(15(3)32(35)11-13)18-8-9-21(28-24(18)27)29-26(34)23(22(16-4-5-16)17-6-7-17)30-25(33)20-12-36-31-14(20)2/h8-12,16-17,22-23H,4-7H2,1-3H3,(H,30,33)(H,28,29,34)/t23-/m0/s1. The highest BCUT2D eigenvalue weighted by atomic mass is 19.1. The normalized spacial score (nSPS) is 16.1. The van der Waals surface area contributed by atoms with Crippen molar-refractivity contribution in [2.24, 2.45) is 17.8 Å². The predicted molar refractivity (Wildman–Crippen MR) is 128 cm³/mol. The average molecular weight is 494 g/mol. The molecule has 0 bridgehead atoms. The van der Waals surface area contributed by atoms with Crippen molar-refractivity contribution < 1.29 is 23.2 Å². The van der Waals surface area contributed by atoms with Gasteiger partial charge in [-0.3, -0.25) is 9.59 Å². The summed E-state index contributed by atoms with van der Waals surface area (Å²) in [5.41, 5.74) is 2.35. The number of nitrogens with one attached hydrogen (secondary N) is 2. The molecule has 3 aromatic heterocycles. The Kier molecular flexibility index (Phi) is 6.19. The first-order valence-corrected chi connectivity index (χ1v) is 12.1. The quantitative estimate of drug-likeness (QED) is 0.281. The molecule has 9 nitrogen and oxygen atoms in total. The van der Waals surface area contributed by atoms with Crippen LogP contribution in [0.5, 0.6) is 0 Å². The molecular formula is C26H28FN5O4. The Morgan fingerprint density at radius 1 is 1.14 bits per heavy atom. The Labute approximate surface area is 207 Å². The number of anilines is 1. The second-order valence-electron chi connectivity index (χ2n) is 9.88. The van der Waals surface area contributed by atoms with Crippen LogP contribution in [0, 0.1) is 49.7 Å². The third-order valence-electron chi connectivity index (χ3n) is 7.08. The highest BCUT2D eigenvalue weighted by molar-refractivity contribution is 6.01. The first-order valence-electron chi connectivity index (χ1n) is 12.1. The highest BCUT2D eigenvalue weighted by Crippen LogP contribution is 2.51. The van der Waals surface area contributed by atoms with Gasteiger partial charge in [0.1, 0.15) is 23.7 Å². The molecule has 0 unspecified atom stereocenters. The monoisotopic (exact) mass is 493 g/mol. The van der Waals surface area contributed by atoms with Gasteiger partial charge in [-0.05, 0) is 75.5 Å². The third-order valence-corrected chi connectivity index (χ3v) is 7.08. The molecule has 2 N–H and O–H groups in total. The van der Waals surface area contributed by atoms with Crippen molar-refractivity contribution in [2.75, 3.05) is 5.32 Å². The van der Waals surface area contributed by atoms with E-state index in [1.165, 1.54) is 24.6 Å². The second kappa shape index (κ2) is 9.33. The van der Waals surface area contributed by atoms with Crippen LogP contribution in [0.25, 0.3) is 11.1 Å². The van der Waals surface area contributed by atoms with Crippen LogP contribution in [0.2, 0.25) is 0 Å². The van der Waals surface area contributed by atoms with Crippen molar-refractivity contribution in [3.8, 4) is 11.1 Å². The van der Waals surface area contributed by atoms with Gasteiger partial charge in [0.25, 0.3) is 5.91 Å². The number of hydrogen-bond donors (Lipinski definition) is 2. The zero-order valence-electron chi connectivity index (χ0n) is 20.4. The summed E-state index contributed by atoms with van der Waals surface area (Å²) < 4.78 is 20.6. The fraction of sp³-hybridized carbons (Fsp3) is 0.423. The molecule has 2 aliphatic rings. The van der Waals surface area contributed by atoms with E-state index in [0.29, 0.717) is 39.1 Å². The summed E-state index contributed by atoms with van der Waals surface area (Å²) in [5, 5.41) is 21.4. The highest BCUT2D eigenvalue weighted by Gasteiger charge is 2.48. The molecule has 0 aromatic carbocycles. The number of aromatic nitrogens is 3. The fourth-order valence-corrected chi connectivity index (χ4v) is 4.91. The topological polar surface area (TPSA) is 124 Å². The summed E-state index contributed by atoms with van der Waals surface area (Å²) in [7, 11) is 0. The van der Waals surface area contributed by atoms with Crippen LogP contribution in [0.4, 0.5) is 10.2 Å². The van der Waals surface area contributed by atoms with Crippen LogP contribution in [-0.2, 0) is 4.79 Å². The summed E-state index contributed by atoms with van der Waals surface area (Å²) in [4.78, 5) is 30.3. The molecule has 5 rings (SSSR count). The summed E-state index contributed by atoms with van der Waals surface area (Å²) in [6.45, 7) is 5.02. The average Bonchev–Trinajstić information content (AvgIpc) is 3.76. The lowest BCUT2D eigenvalue weighted by Gasteiger charge is -2.27. The molecule has 3 heterocycles. The summed E-state index contributed by atoms with van der Waals surface area (Å²) >= 11 is 0. The van der Waals surface area contributed by atoms with E-state index in [2.05, 4.69) is 20.8 Å². The van der Waals surface area contributed by atoms with Gasteiger partial charge in [0.05, 0.1) is 11.3 Å². The van der Waals surface area contributed by atoms with Crippen molar-refractivity contribution in [3.63, 3.8) is 0 Å². The van der Waals surface area contributed by atoms with E-state index in [0.717, 1.165) is 25.7 Å². The molecule has 1 atom stereocenters. The summed E-state index contributed by atoms with van der Waals surface area (Å²) in [6, 6.07) is 3.91. The molecule has 188 valence electrons. The minimum absolute atomic E-state index is 0.000630. The number of halogens is 1. The van der Waals surface area contributed by atoms with Crippen molar-refractivity contribution in [2.45, 2.75) is 52.5 Å². The Morgan fingerprint density at radius 3 is 2.42 bits per heavy atom. The van der Waals surface area contributed by atoms with Crippen molar-refractivity contribution >= 4 is 17.6 Å². The molecule has 2 saturated carbocycles. The zero-order valence-corrected chi connectivity index (χ0v) is 20.4. The van der Waals surface area contributed by atoms with E-state index >= 15 is 4.39 Å². The number of amides is 2. The van der Waals surface area contributed by atoms with E-state index in [1.807, 2.05) is 0 Å². The van der Waals surface area contributed by atoms with Crippen LogP contribution >= 0.6 is 0 Å². The lowest BCUT2D eigenvalue weighted by atomic mass is 9.88. The third kappa shape index (κ3) is 4.80. The van der Waals surface area contributed by atoms with Gasteiger partial charge in [-0.25, -0.2) is 4.98 Å². The van der Waals surface area contributed by atoms with Crippen molar-refractivity contribution in [1.29, 1.82) is 0 Å². The number of rotatable bonds is 8. The smallest absolute Gasteiger partial charge is 0.257 e. The van der Waals surface area contributed by atoms with Crippen LogP contribution in [0.15, 0.2) is 35.2 Å². The van der Waals surface area contributed by atoms with Crippen molar-refractivity contribution in [1.82, 2.24) is 15.5 Å². The van der Waals surface area contributed by atoms with E-state index in [9.17, 15) is 14.8 Å². The molecule has 0 spiro atoms. The molecule has 0 aliphatic heterocycles. The minimum Gasteiger partial charge on any atom is -0.618 e. The van der Waals surface area contributed by atoms with E-state index in [-0.39, 0.29) is 22.9 Å². The number of carbonyl (C=O) groups excluding carboxylic acids is 2. The number of pyridine rings is 2. The van der Waals surface area contributed by atoms with Gasteiger partial charge in [0.2, 0.25) is 11.9 Å². The van der Waals surface area contributed by atoms with Gasteiger partial charge in [0.15, 0.2) is 11.9 Å². The number of carbonyl (C=O) groups is 2. The SMILES string of the molecule is Cc1cc(-c2ccc(NC(=O)[C@@H](NC(=O)c3conc3C)C(C3CC3)C3CC3)nc2F)c(C)[n+]([O-])c1. The predicted octanol–water partition coefficient (Wildman–Crippen LogP) is 3.61. The maximum absolute atomic E-state index is 15.0. The largest absolute Gasteiger partial charge is 0.618 e. The second-order valence-corrected chi connectivity index (χ2v) is 9.88.